The minimum absolute atomic E-state index is 0.124. The predicted octanol–water partition coefficient (Wildman–Crippen LogP) is 2.34. The van der Waals surface area contributed by atoms with Crippen molar-refractivity contribution in [2.75, 3.05) is 52.3 Å². The number of benzene rings is 2. The van der Waals surface area contributed by atoms with E-state index in [4.69, 9.17) is 9.47 Å². The lowest BCUT2D eigenvalue weighted by Gasteiger charge is -2.34. The minimum Gasteiger partial charge on any atom is -0.497 e. The molecule has 0 aliphatic carbocycles. The average Bonchev–Trinajstić information content (AvgIpc) is 2.75. The summed E-state index contributed by atoms with van der Waals surface area (Å²) >= 11 is 0. The molecule has 30 heavy (non-hydrogen) atoms. The van der Waals surface area contributed by atoms with Crippen LogP contribution in [-0.2, 0) is 16.0 Å². The fourth-order valence-electron chi connectivity index (χ4n) is 3.54. The Bertz CT molecular complexity index is 892. The molecule has 1 saturated heterocycles. The SMILES string of the molecule is COc1ccc(OC)c(NC(=O)CN2CCN(C(=O)Cc3ccccc3C)CC2)c1. The van der Waals surface area contributed by atoms with Crippen LogP contribution in [0.4, 0.5) is 5.69 Å². The van der Waals surface area contributed by atoms with Crippen molar-refractivity contribution < 1.29 is 19.1 Å². The first-order valence-corrected chi connectivity index (χ1v) is 10.1. The molecule has 160 valence electrons. The number of amides is 2. The molecule has 7 nitrogen and oxygen atoms in total. The number of aryl methyl sites for hydroxylation is 1. The van der Waals surface area contributed by atoms with E-state index < -0.39 is 0 Å². The van der Waals surface area contributed by atoms with Gasteiger partial charge in [0.15, 0.2) is 0 Å². The van der Waals surface area contributed by atoms with Gasteiger partial charge in [-0.05, 0) is 30.2 Å². The smallest absolute Gasteiger partial charge is 0.238 e. The zero-order valence-corrected chi connectivity index (χ0v) is 17.8. The fourth-order valence-corrected chi connectivity index (χ4v) is 3.54. The highest BCUT2D eigenvalue weighted by atomic mass is 16.5. The van der Waals surface area contributed by atoms with E-state index in [1.54, 1.807) is 32.4 Å². The first-order chi connectivity index (χ1) is 14.5. The fraction of sp³-hybridized carbons (Fsp3) is 0.391. The van der Waals surface area contributed by atoms with E-state index in [2.05, 4.69) is 10.2 Å². The second-order valence-electron chi connectivity index (χ2n) is 7.37. The summed E-state index contributed by atoms with van der Waals surface area (Å²) in [4.78, 5) is 29.1. The van der Waals surface area contributed by atoms with Crippen LogP contribution in [0, 0.1) is 6.92 Å². The molecule has 1 aliphatic heterocycles. The van der Waals surface area contributed by atoms with Crippen LogP contribution in [0.2, 0.25) is 0 Å². The molecule has 1 aliphatic rings. The second-order valence-corrected chi connectivity index (χ2v) is 7.37. The highest BCUT2D eigenvalue weighted by Crippen LogP contribution is 2.28. The van der Waals surface area contributed by atoms with Crippen LogP contribution in [-0.4, -0.2) is 68.6 Å². The van der Waals surface area contributed by atoms with E-state index in [1.807, 2.05) is 36.1 Å². The quantitative estimate of drug-likeness (QED) is 0.757. The molecule has 1 heterocycles. The highest BCUT2D eigenvalue weighted by Gasteiger charge is 2.23. The van der Waals surface area contributed by atoms with Gasteiger partial charge >= 0.3 is 0 Å². The van der Waals surface area contributed by atoms with Gasteiger partial charge in [-0.15, -0.1) is 0 Å². The van der Waals surface area contributed by atoms with Crippen molar-refractivity contribution in [1.29, 1.82) is 0 Å². The summed E-state index contributed by atoms with van der Waals surface area (Å²) in [6, 6.07) is 13.2. The molecule has 0 atom stereocenters. The Morgan fingerprint density at radius 1 is 1.00 bits per heavy atom. The van der Waals surface area contributed by atoms with E-state index in [9.17, 15) is 9.59 Å². The van der Waals surface area contributed by atoms with Crippen molar-refractivity contribution in [3.8, 4) is 11.5 Å². The number of piperazine rings is 1. The summed E-state index contributed by atoms with van der Waals surface area (Å²) < 4.78 is 10.5. The second kappa shape index (κ2) is 10.1. The summed E-state index contributed by atoms with van der Waals surface area (Å²) in [5.41, 5.74) is 2.78. The summed E-state index contributed by atoms with van der Waals surface area (Å²) in [5, 5.41) is 2.89. The van der Waals surface area contributed by atoms with Gasteiger partial charge in [0.25, 0.3) is 0 Å². The van der Waals surface area contributed by atoms with Crippen LogP contribution in [0.15, 0.2) is 42.5 Å². The van der Waals surface area contributed by atoms with Crippen molar-refractivity contribution in [1.82, 2.24) is 9.80 Å². The number of methoxy groups -OCH3 is 2. The molecule has 0 radical (unpaired) electrons. The van der Waals surface area contributed by atoms with Crippen LogP contribution >= 0.6 is 0 Å². The number of nitrogens with one attached hydrogen (secondary N) is 1. The van der Waals surface area contributed by atoms with E-state index in [1.165, 1.54) is 0 Å². The molecular weight excluding hydrogens is 382 g/mol. The highest BCUT2D eigenvalue weighted by molar-refractivity contribution is 5.94. The van der Waals surface area contributed by atoms with Crippen LogP contribution in [0.25, 0.3) is 0 Å². The Labute approximate surface area is 177 Å². The lowest BCUT2D eigenvalue weighted by molar-refractivity contribution is -0.132. The van der Waals surface area contributed by atoms with E-state index in [0.717, 1.165) is 11.1 Å². The van der Waals surface area contributed by atoms with Gasteiger partial charge < -0.3 is 19.7 Å². The van der Waals surface area contributed by atoms with Crippen LogP contribution in [0.5, 0.6) is 11.5 Å². The third-order valence-electron chi connectivity index (χ3n) is 5.38. The number of rotatable bonds is 7. The third-order valence-corrected chi connectivity index (χ3v) is 5.38. The number of hydrogen-bond donors (Lipinski definition) is 1. The third kappa shape index (κ3) is 5.51. The average molecular weight is 412 g/mol. The topological polar surface area (TPSA) is 71.1 Å². The standard InChI is InChI=1S/C23H29N3O4/c1-17-6-4-5-7-18(17)14-23(28)26-12-10-25(11-13-26)16-22(27)24-20-15-19(29-2)8-9-21(20)30-3/h4-9,15H,10-14,16H2,1-3H3,(H,24,27). The molecule has 1 N–H and O–H groups in total. The first-order valence-electron chi connectivity index (χ1n) is 10.1. The number of carbonyl (C=O) groups is 2. The minimum atomic E-state index is -0.124. The van der Waals surface area contributed by atoms with Gasteiger partial charge in [0.1, 0.15) is 11.5 Å². The van der Waals surface area contributed by atoms with Gasteiger partial charge in [0.2, 0.25) is 11.8 Å². The van der Waals surface area contributed by atoms with Crippen molar-refractivity contribution in [3.63, 3.8) is 0 Å². The molecule has 0 aromatic heterocycles. The molecule has 3 rings (SSSR count). The van der Waals surface area contributed by atoms with Crippen LogP contribution in [0.1, 0.15) is 11.1 Å². The molecule has 0 spiro atoms. The van der Waals surface area contributed by atoms with Crippen molar-refractivity contribution in [2.45, 2.75) is 13.3 Å². The number of ether oxygens (including phenoxy) is 2. The Morgan fingerprint density at radius 2 is 1.73 bits per heavy atom. The summed E-state index contributed by atoms with van der Waals surface area (Å²) in [5.74, 6) is 1.23. The number of nitrogens with zero attached hydrogens (tertiary/aromatic N) is 2. The zero-order chi connectivity index (χ0) is 21.5. The van der Waals surface area contributed by atoms with Gasteiger partial charge in [0.05, 0.1) is 32.9 Å². The number of carbonyl (C=O) groups excluding carboxylic acids is 2. The van der Waals surface area contributed by atoms with Gasteiger partial charge in [-0.1, -0.05) is 24.3 Å². The molecule has 0 bridgehead atoms. The maximum atomic E-state index is 12.6. The van der Waals surface area contributed by atoms with Crippen LogP contribution < -0.4 is 14.8 Å². The van der Waals surface area contributed by atoms with Crippen molar-refractivity contribution in [3.05, 3.63) is 53.6 Å². The first kappa shape index (κ1) is 21.6. The zero-order valence-electron chi connectivity index (χ0n) is 17.8. The Hall–Kier alpha value is -3.06. The predicted molar refractivity (Wildman–Crippen MR) is 116 cm³/mol. The van der Waals surface area contributed by atoms with E-state index >= 15 is 0 Å². The largest absolute Gasteiger partial charge is 0.497 e. The number of hydrogen-bond acceptors (Lipinski definition) is 5. The molecule has 0 unspecified atom stereocenters. The van der Waals surface area contributed by atoms with Gasteiger partial charge in [-0.2, -0.15) is 0 Å². The lowest BCUT2D eigenvalue weighted by atomic mass is 10.1. The molecular formula is C23H29N3O4. The summed E-state index contributed by atoms with van der Waals surface area (Å²) in [6.45, 7) is 4.88. The Kier molecular flexibility index (Phi) is 7.30. The van der Waals surface area contributed by atoms with Crippen molar-refractivity contribution in [2.24, 2.45) is 0 Å². The Balaban J connectivity index is 1.49. The van der Waals surface area contributed by atoms with E-state index in [0.29, 0.717) is 49.8 Å². The lowest BCUT2D eigenvalue weighted by Crippen LogP contribution is -2.50. The molecule has 7 heteroatoms. The number of anilines is 1. The van der Waals surface area contributed by atoms with Gasteiger partial charge in [-0.25, -0.2) is 0 Å². The van der Waals surface area contributed by atoms with Crippen LogP contribution in [0.3, 0.4) is 0 Å². The maximum Gasteiger partial charge on any atom is 0.238 e. The molecule has 1 fully saturated rings. The summed E-state index contributed by atoms with van der Waals surface area (Å²) in [7, 11) is 3.14. The van der Waals surface area contributed by atoms with Gasteiger partial charge in [0, 0.05) is 32.2 Å². The normalized spacial score (nSPS) is 14.3. The molecule has 0 saturated carbocycles. The molecule has 2 aromatic carbocycles. The summed E-state index contributed by atoms with van der Waals surface area (Å²) in [6.07, 6.45) is 0.419. The monoisotopic (exact) mass is 411 g/mol. The molecule has 2 amide bonds. The molecule has 2 aromatic rings. The van der Waals surface area contributed by atoms with E-state index in [-0.39, 0.29) is 18.4 Å². The Morgan fingerprint density at radius 3 is 2.40 bits per heavy atom. The van der Waals surface area contributed by atoms with Crippen molar-refractivity contribution >= 4 is 17.5 Å². The maximum absolute atomic E-state index is 12.6. The van der Waals surface area contributed by atoms with Gasteiger partial charge in [-0.3, -0.25) is 14.5 Å².